The number of rotatable bonds is 3. The average Bonchev–Trinajstić information content (AvgIpc) is 2.91. The third-order valence-corrected chi connectivity index (χ3v) is 3.60. The van der Waals surface area contributed by atoms with Crippen LogP contribution in [-0.4, -0.2) is 16.0 Å². The number of thiazole rings is 1. The molecule has 0 saturated carbocycles. The summed E-state index contributed by atoms with van der Waals surface area (Å²) in [6.07, 6.45) is 1.73. The topological polar surface area (TPSA) is 52.5 Å². The highest BCUT2D eigenvalue weighted by atomic mass is 32.1. The van der Waals surface area contributed by atoms with Crippen LogP contribution in [-0.2, 0) is 0 Å². The summed E-state index contributed by atoms with van der Waals surface area (Å²) in [6, 6.07) is 4.92. The molecule has 98 valence electrons. The van der Waals surface area contributed by atoms with Crippen molar-refractivity contribution < 1.29 is 9.13 Å². The molecule has 0 atom stereocenters. The number of imidazole rings is 1. The smallest absolute Gasteiger partial charge is 0.196 e. The second-order valence-corrected chi connectivity index (χ2v) is 4.85. The first-order chi connectivity index (χ1) is 9.19. The number of hydrogen-bond acceptors (Lipinski definition) is 4. The summed E-state index contributed by atoms with van der Waals surface area (Å²) in [7, 11) is 0. The Morgan fingerprint density at radius 2 is 2.32 bits per heavy atom. The SMILES string of the molecule is CCOc1ccc(-c2csc3nc(N)cn23)cc1F. The number of nitrogens with two attached hydrogens (primary N) is 1. The Bertz CT molecular complexity index is 735. The summed E-state index contributed by atoms with van der Waals surface area (Å²) in [4.78, 5) is 4.96. The summed E-state index contributed by atoms with van der Waals surface area (Å²) >= 11 is 1.47. The van der Waals surface area contributed by atoms with E-state index >= 15 is 0 Å². The lowest BCUT2D eigenvalue weighted by Crippen LogP contribution is -1.95. The molecule has 0 fully saturated rings. The number of hydrogen-bond donors (Lipinski definition) is 1. The largest absolute Gasteiger partial charge is 0.491 e. The highest BCUT2D eigenvalue weighted by Crippen LogP contribution is 2.29. The van der Waals surface area contributed by atoms with Gasteiger partial charge in [-0.3, -0.25) is 4.40 Å². The molecule has 0 aliphatic heterocycles. The minimum Gasteiger partial charge on any atom is -0.491 e. The molecule has 0 amide bonds. The van der Waals surface area contributed by atoms with Gasteiger partial charge in [0.05, 0.1) is 18.5 Å². The molecule has 0 saturated heterocycles. The van der Waals surface area contributed by atoms with E-state index in [-0.39, 0.29) is 11.6 Å². The van der Waals surface area contributed by atoms with Crippen molar-refractivity contribution >= 4 is 22.1 Å². The number of fused-ring (bicyclic) bond motifs is 1. The van der Waals surface area contributed by atoms with E-state index in [1.165, 1.54) is 17.4 Å². The van der Waals surface area contributed by atoms with Crippen molar-refractivity contribution in [1.82, 2.24) is 9.38 Å². The molecule has 2 N–H and O–H groups in total. The standard InChI is InChI=1S/C13H12FN3OS/c1-2-18-11-4-3-8(5-9(11)14)10-7-19-13-16-12(15)6-17(10)13/h3-7H,2,15H2,1H3. The Kier molecular flexibility index (Phi) is 2.87. The van der Waals surface area contributed by atoms with E-state index in [9.17, 15) is 4.39 Å². The molecule has 2 heterocycles. The molecule has 0 aliphatic rings. The zero-order chi connectivity index (χ0) is 13.4. The molecule has 1 aromatic carbocycles. The summed E-state index contributed by atoms with van der Waals surface area (Å²) in [5.74, 6) is 0.356. The van der Waals surface area contributed by atoms with Gasteiger partial charge >= 0.3 is 0 Å². The van der Waals surface area contributed by atoms with E-state index in [0.717, 1.165) is 16.2 Å². The fourth-order valence-corrected chi connectivity index (χ4v) is 2.83. The lowest BCUT2D eigenvalue weighted by Gasteiger charge is -2.06. The van der Waals surface area contributed by atoms with Crippen LogP contribution >= 0.6 is 11.3 Å². The van der Waals surface area contributed by atoms with Crippen LogP contribution in [0, 0.1) is 5.82 Å². The summed E-state index contributed by atoms with van der Waals surface area (Å²) in [6.45, 7) is 2.26. The quantitative estimate of drug-likeness (QED) is 0.800. The minimum atomic E-state index is -0.369. The molecule has 6 heteroatoms. The second-order valence-electron chi connectivity index (χ2n) is 4.02. The predicted molar refractivity (Wildman–Crippen MR) is 74.0 cm³/mol. The molecule has 0 radical (unpaired) electrons. The van der Waals surface area contributed by atoms with Crippen molar-refractivity contribution in [2.75, 3.05) is 12.3 Å². The van der Waals surface area contributed by atoms with Gasteiger partial charge in [-0.05, 0) is 25.1 Å². The summed E-state index contributed by atoms with van der Waals surface area (Å²) in [5, 5.41) is 1.93. The van der Waals surface area contributed by atoms with E-state index in [0.29, 0.717) is 12.4 Å². The van der Waals surface area contributed by atoms with Crippen LogP contribution in [0.2, 0.25) is 0 Å². The zero-order valence-electron chi connectivity index (χ0n) is 10.3. The number of ether oxygens (including phenoxy) is 1. The van der Waals surface area contributed by atoms with Crippen molar-refractivity contribution in [1.29, 1.82) is 0 Å². The summed E-state index contributed by atoms with van der Waals surface area (Å²) < 4.78 is 20.9. The van der Waals surface area contributed by atoms with Gasteiger partial charge in [-0.25, -0.2) is 9.37 Å². The summed E-state index contributed by atoms with van der Waals surface area (Å²) in [5.41, 5.74) is 7.29. The van der Waals surface area contributed by atoms with Crippen LogP contribution in [0.4, 0.5) is 10.2 Å². The maximum absolute atomic E-state index is 13.9. The average molecular weight is 277 g/mol. The van der Waals surface area contributed by atoms with E-state index in [1.54, 1.807) is 12.3 Å². The Balaban J connectivity index is 2.08. The minimum absolute atomic E-state index is 0.267. The highest BCUT2D eigenvalue weighted by Gasteiger charge is 2.11. The van der Waals surface area contributed by atoms with Crippen LogP contribution in [0.25, 0.3) is 16.2 Å². The molecule has 0 aliphatic carbocycles. The molecule has 2 aromatic heterocycles. The monoisotopic (exact) mass is 277 g/mol. The van der Waals surface area contributed by atoms with E-state index < -0.39 is 0 Å². The number of nitrogens with zero attached hydrogens (tertiary/aromatic N) is 2. The number of halogens is 1. The number of aromatic nitrogens is 2. The van der Waals surface area contributed by atoms with Gasteiger partial charge < -0.3 is 10.5 Å². The first-order valence-corrected chi connectivity index (χ1v) is 6.72. The Morgan fingerprint density at radius 3 is 3.05 bits per heavy atom. The Morgan fingerprint density at radius 1 is 1.47 bits per heavy atom. The maximum atomic E-state index is 13.9. The van der Waals surface area contributed by atoms with Gasteiger partial charge in [-0.15, -0.1) is 11.3 Å². The maximum Gasteiger partial charge on any atom is 0.196 e. The molecule has 0 bridgehead atoms. The fourth-order valence-electron chi connectivity index (χ4n) is 1.94. The number of anilines is 1. The molecule has 4 nitrogen and oxygen atoms in total. The Hall–Kier alpha value is -2.08. The van der Waals surface area contributed by atoms with Crippen molar-refractivity contribution in [2.45, 2.75) is 6.92 Å². The second kappa shape index (κ2) is 4.55. The molecule has 0 unspecified atom stereocenters. The molecule has 3 rings (SSSR count). The zero-order valence-corrected chi connectivity index (χ0v) is 11.1. The van der Waals surface area contributed by atoms with Gasteiger partial charge in [0, 0.05) is 10.9 Å². The van der Waals surface area contributed by atoms with Gasteiger partial charge in [0.25, 0.3) is 0 Å². The lowest BCUT2D eigenvalue weighted by atomic mass is 10.1. The molecular weight excluding hydrogens is 265 g/mol. The first-order valence-electron chi connectivity index (χ1n) is 5.84. The first kappa shape index (κ1) is 12.0. The third kappa shape index (κ3) is 2.04. The van der Waals surface area contributed by atoms with Gasteiger partial charge in [-0.1, -0.05) is 0 Å². The van der Waals surface area contributed by atoms with Gasteiger partial charge in [0.2, 0.25) is 0 Å². The molecular formula is C13H12FN3OS. The highest BCUT2D eigenvalue weighted by molar-refractivity contribution is 7.15. The van der Waals surface area contributed by atoms with Crippen molar-refractivity contribution in [2.24, 2.45) is 0 Å². The number of benzene rings is 1. The third-order valence-electron chi connectivity index (χ3n) is 2.76. The van der Waals surface area contributed by atoms with Gasteiger partial charge in [0.1, 0.15) is 5.82 Å². The van der Waals surface area contributed by atoms with Crippen LogP contribution in [0.1, 0.15) is 6.92 Å². The lowest BCUT2D eigenvalue weighted by molar-refractivity contribution is 0.321. The Labute approximate surface area is 113 Å². The normalized spacial score (nSPS) is 11.1. The van der Waals surface area contributed by atoms with Crippen molar-refractivity contribution in [3.8, 4) is 17.0 Å². The van der Waals surface area contributed by atoms with Gasteiger partial charge in [0.15, 0.2) is 16.5 Å². The molecule has 0 spiro atoms. The fraction of sp³-hybridized carbons (Fsp3) is 0.154. The van der Waals surface area contributed by atoms with Gasteiger partial charge in [-0.2, -0.15) is 0 Å². The van der Waals surface area contributed by atoms with Crippen LogP contribution in [0.15, 0.2) is 29.8 Å². The van der Waals surface area contributed by atoms with E-state index in [4.69, 9.17) is 10.5 Å². The van der Waals surface area contributed by atoms with E-state index in [2.05, 4.69) is 4.98 Å². The van der Waals surface area contributed by atoms with Crippen LogP contribution < -0.4 is 10.5 Å². The van der Waals surface area contributed by atoms with Crippen molar-refractivity contribution in [3.63, 3.8) is 0 Å². The van der Waals surface area contributed by atoms with E-state index in [1.807, 2.05) is 22.8 Å². The number of nitrogen functional groups attached to an aromatic ring is 1. The van der Waals surface area contributed by atoms with Crippen molar-refractivity contribution in [3.05, 3.63) is 35.6 Å². The molecule has 19 heavy (non-hydrogen) atoms. The molecule has 3 aromatic rings. The van der Waals surface area contributed by atoms with Crippen LogP contribution in [0.5, 0.6) is 5.75 Å². The predicted octanol–water partition coefficient (Wildman–Crippen LogP) is 3.18. The van der Waals surface area contributed by atoms with Crippen LogP contribution in [0.3, 0.4) is 0 Å².